The summed E-state index contributed by atoms with van der Waals surface area (Å²) in [6.07, 6.45) is -0.847. The molecule has 1 atom stereocenters. The average molecular weight is 265 g/mol. The maximum Gasteiger partial charge on any atom is 0.342 e. The molecule has 0 saturated carbocycles. The third-order valence-electron chi connectivity index (χ3n) is 2.41. The van der Waals surface area contributed by atoms with Crippen LogP contribution in [0.2, 0.25) is 0 Å². The Labute approximate surface area is 112 Å². The molecule has 0 fully saturated rings. The van der Waals surface area contributed by atoms with Gasteiger partial charge in [-0.2, -0.15) is 0 Å². The molecule has 1 unspecified atom stereocenters. The van der Waals surface area contributed by atoms with E-state index in [1.54, 1.807) is 24.3 Å². The van der Waals surface area contributed by atoms with Crippen LogP contribution in [0.4, 0.5) is 0 Å². The van der Waals surface area contributed by atoms with Gasteiger partial charge >= 0.3 is 5.97 Å². The second kappa shape index (κ2) is 6.78. The van der Waals surface area contributed by atoms with Crippen molar-refractivity contribution >= 4 is 11.9 Å². The quantitative estimate of drug-likeness (QED) is 0.824. The van der Waals surface area contributed by atoms with Crippen LogP contribution in [0.3, 0.4) is 0 Å². The number of ether oxygens (including phenoxy) is 2. The number of carbonyl (C=O) groups excluding carboxylic acids is 2. The molecule has 19 heavy (non-hydrogen) atoms. The van der Waals surface area contributed by atoms with Gasteiger partial charge in [-0.1, -0.05) is 12.1 Å². The van der Waals surface area contributed by atoms with Crippen LogP contribution in [0.1, 0.15) is 31.1 Å². The smallest absolute Gasteiger partial charge is 0.342 e. The number of para-hydroxylation sites is 1. The Balaban J connectivity index is 2.71. The van der Waals surface area contributed by atoms with Crippen LogP contribution in [0.25, 0.3) is 0 Å². The molecule has 0 radical (unpaired) electrons. The standard InChI is InChI=1S/C14H19NO4/c1-9(2)15-13(16)10(3)19-14(17)11-7-5-6-8-12(11)18-4/h5-10H,1-4H3,(H,15,16). The Hall–Kier alpha value is -2.04. The molecule has 5 heteroatoms. The monoisotopic (exact) mass is 265 g/mol. The summed E-state index contributed by atoms with van der Waals surface area (Å²) in [6, 6.07) is 6.71. The normalized spacial score (nSPS) is 11.8. The molecule has 0 saturated heterocycles. The van der Waals surface area contributed by atoms with E-state index in [-0.39, 0.29) is 11.9 Å². The molecule has 0 heterocycles. The average Bonchev–Trinajstić information content (AvgIpc) is 2.37. The molecule has 0 spiro atoms. The first-order chi connectivity index (χ1) is 8.95. The van der Waals surface area contributed by atoms with E-state index in [0.717, 1.165) is 0 Å². The summed E-state index contributed by atoms with van der Waals surface area (Å²) in [5.74, 6) is -0.480. The largest absolute Gasteiger partial charge is 0.496 e. The zero-order chi connectivity index (χ0) is 14.4. The van der Waals surface area contributed by atoms with E-state index in [2.05, 4.69) is 5.32 Å². The Bertz CT molecular complexity index is 457. The number of nitrogens with one attached hydrogen (secondary N) is 1. The fourth-order valence-corrected chi connectivity index (χ4v) is 1.49. The number of methoxy groups -OCH3 is 1. The topological polar surface area (TPSA) is 64.6 Å². The highest BCUT2D eigenvalue weighted by atomic mass is 16.5. The van der Waals surface area contributed by atoms with Gasteiger partial charge in [-0.15, -0.1) is 0 Å². The van der Waals surface area contributed by atoms with Crippen molar-refractivity contribution in [2.24, 2.45) is 0 Å². The molecule has 0 bridgehead atoms. The van der Waals surface area contributed by atoms with Gasteiger partial charge in [-0.3, -0.25) is 4.79 Å². The zero-order valence-electron chi connectivity index (χ0n) is 11.6. The van der Waals surface area contributed by atoms with Crippen LogP contribution in [-0.2, 0) is 9.53 Å². The van der Waals surface area contributed by atoms with Gasteiger partial charge in [0.05, 0.1) is 7.11 Å². The van der Waals surface area contributed by atoms with E-state index in [0.29, 0.717) is 11.3 Å². The van der Waals surface area contributed by atoms with Crippen molar-refractivity contribution in [1.29, 1.82) is 0 Å². The molecule has 1 aromatic rings. The number of rotatable bonds is 5. The van der Waals surface area contributed by atoms with Crippen molar-refractivity contribution in [3.63, 3.8) is 0 Å². The first-order valence-electron chi connectivity index (χ1n) is 6.10. The summed E-state index contributed by atoms with van der Waals surface area (Å²) in [5.41, 5.74) is 0.300. The van der Waals surface area contributed by atoms with Gasteiger partial charge in [-0.05, 0) is 32.9 Å². The maximum atomic E-state index is 11.9. The number of amides is 1. The van der Waals surface area contributed by atoms with Gasteiger partial charge in [0.15, 0.2) is 6.10 Å². The van der Waals surface area contributed by atoms with Gasteiger partial charge in [0.25, 0.3) is 5.91 Å². The molecule has 0 aliphatic carbocycles. The van der Waals surface area contributed by atoms with Crippen LogP contribution in [0, 0.1) is 0 Å². The van der Waals surface area contributed by atoms with Crippen molar-refractivity contribution in [3.8, 4) is 5.75 Å². The number of hydrogen-bond acceptors (Lipinski definition) is 4. The van der Waals surface area contributed by atoms with Crippen LogP contribution < -0.4 is 10.1 Å². The summed E-state index contributed by atoms with van der Waals surface area (Å²) in [7, 11) is 1.47. The van der Waals surface area contributed by atoms with Crippen molar-refractivity contribution in [2.75, 3.05) is 7.11 Å². The van der Waals surface area contributed by atoms with Gasteiger partial charge in [0.2, 0.25) is 0 Å². The van der Waals surface area contributed by atoms with Crippen LogP contribution in [0.15, 0.2) is 24.3 Å². The molecule has 1 aromatic carbocycles. The van der Waals surface area contributed by atoms with Gasteiger partial charge in [0.1, 0.15) is 11.3 Å². The van der Waals surface area contributed by atoms with E-state index < -0.39 is 12.1 Å². The van der Waals surface area contributed by atoms with E-state index in [1.165, 1.54) is 14.0 Å². The molecule has 1 N–H and O–H groups in total. The number of hydrogen-bond donors (Lipinski definition) is 1. The SMILES string of the molecule is COc1ccccc1C(=O)OC(C)C(=O)NC(C)C. The Morgan fingerprint density at radius 3 is 2.37 bits per heavy atom. The second-order valence-corrected chi connectivity index (χ2v) is 4.41. The first-order valence-corrected chi connectivity index (χ1v) is 6.10. The number of esters is 1. The Morgan fingerprint density at radius 1 is 1.16 bits per heavy atom. The number of carbonyl (C=O) groups is 2. The lowest BCUT2D eigenvalue weighted by Crippen LogP contribution is -2.39. The van der Waals surface area contributed by atoms with Gasteiger partial charge in [0, 0.05) is 6.04 Å². The second-order valence-electron chi connectivity index (χ2n) is 4.41. The molecule has 0 aromatic heterocycles. The Morgan fingerprint density at radius 2 is 1.79 bits per heavy atom. The zero-order valence-corrected chi connectivity index (χ0v) is 11.6. The van der Waals surface area contributed by atoms with Gasteiger partial charge in [-0.25, -0.2) is 4.79 Å². The highest BCUT2D eigenvalue weighted by Gasteiger charge is 2.21. The van der Waals surface area contributed by atoms with E-state index in [9.17, 15) is 9.59 Å². The lowest BCUT2D eigenvalue weighted by atomic mass is 10.2. The minimum absolute atomic E-state index is 0.0000802. The maximum absolute atomic E-state index is 11.9. The molecule has 0 aliphatic rings. The fourth-order valence-electron chi connectivity index (χ4n) is 1.49. The molecular weight excluding hydrogens is 246 g/mol. The molecule has 104 valence electrons. The molecule has 1 amide bonds. The minimum atomic E-state index is -0.847. The lowest BCUT2D eigenvalue weighted by Gasteiger charge is -2.16. The Kier molecular flexibility index (Phi) is 5.36. The van der Waals surface area contributed by atoms with E-state index >= 15 is 0 Å². The highest BCUT2D eigenvalue weighted by molar-refractivity contribution is 5.94. The molecular formula is C14H19NO4. The predicted molar refractivity (Wildman–Crippen MR) is 71.2 cm³/mol. The fraction of sp³-hybridized carbons (Fsp3) is 0.429. The summed E-state index contributed by atoms with van der Waals surface area (Å²) < 4.78 is 10.2. The van der Waals surface area contributed by atoms with Crippen molar-refractivity contribution in [2.45, 2.75) is 32.9 Å². The molecule has 0 aliphatic heterocycles. The highest BCUT2D eigenvalue weighted by Crippen LogP contribution is 2.18. The van der Waals surface area contributed by atoms with Crippen LogP contribution in [-0.4, -0.2) is 31.1 Å². The predicted octanol–water partition coefficient (Wildman–Crippen LogP) is 1.77. The minimum Gasteiger partial charge on any atom is -0.496 e. The third-order valence-corrected chi connectivity index (χ3v) is 2.41. The molecule has 5 nitrogen and oxygen atoms in total. The summed E-state index contributed by atoms with van der Waals surface area (Å²) in [4.78, 5) is 23.6. The number of benzene rings is 1. The summed E-state index contributed by atoms with van der Waals surface area (Å²) >= 11 is 0. The lowest BCUT2D eigenvalue weighted by molar-refractivity contribution is -0.129. The van der Waals surface area contributed by atoms with Crippen LogP contribution in [0.5, 0.6) is 5.75 Å². The molecule has 1 rings (SSSR count). The third kappa shape index (κ3) is 4.28. The summed E-state index contributed by atoms with van der Waals surface area (Å²) in [6.45, 7) is 5.21. The summed E-state index contributed by atoms with van der Waals surface area (Å²) in [5, 5.41) is 2.68. The van der Waals surface area contributed by atoms with Gasteiger partial charge < -0.3 is 14.8 Å². The van der Waals surface area contributed by atoms with Crippen molar-refractivity contribution < 1.29 is 19.1 Å². The van der Waals surface area contributed by atoms with Crippen molar-refractivity contribution in [1.82, 2.24) is 5.32 Å². The van der Waals surface area contributed by atoms with Crippen LogP contribution >= 0.6 is 0 Å². The van der Waals surface area contributed by atoms with E-state index in [4.69, 9.17) is 9.47 Å². The first kappa shape index (κ1) is 15.0. The van der Waals surface area contributed by atoms with Crippen molar-refractivity contribution in [3.05, 3.63) is 29.8 Å². The van der Waals surface area contributed by atoms with E-state index in [1.807, 2.05) is 13.8 Å².